The van der Waals surface area contributed by atoms with Crippen molar-refractivity contribution in [2.45, 2.75) is 4.90 Å². The van der Waals surface area contributed by atoms with Gasteiger partial charge in [-0.3, -0.25) is 19.7 Å². The predicted octanol–water partition coefficient (Wildman–Crippen LogP) is 0.829. The van der Waals surface area contributed by atoms with Gasteiger partial charge in [0.1, 0.15) is 0 Å². The third-order valence-corrected chi connectivity index (χ3v) is 5.63. The molecule has 2 amide bonds. The summed E-state index contributed by atoms with van der Waals surface area (Å²) in [5, 5.41) is 13.3. The average Bonchev–Trinajstić information content (AvgIpc) is 2.75. The number of benzene rings is 2. The normalized spacial score (nSPS) is 10.9. The first-order valence-corrected chi connectivity index (χ1v) is 10.7. The van der Waals surface area contributed by atoms with Gasteiger partial charge in [-0.2, -0.15) is 0 Å². The zero-order valence-corrected chi connectivity index (χ0v) is 18.2. The third kappa shape index (κ3) is 6.54. The molecule has 0 unspecified atom stereocenters. The monoisotopic (exact) mass is 486 g/mol. The summed E-state index contributed by atoms with van der Waals surface area (Å²) in [5.74, 6) is -1.18. The second-order valence-corrected chi connectivity index (χ2v) is 8.33. The number of carbonyl (C=O) groups excluding carboxylic acids is 2. The van der Waals surface area contributed by atoms with Crippen molar-refractivity contribution >= 4 is 39.1 Å². The Balaban J connectivity index is 1.99. The van der Waals surface area contributed by atoms with Gasteiger partial charge in [0.2, 0.25) is 10.0 Å². The van der Waals surface area contributed by atoms with E-state index in [0.717, 1.165) is 6.07 Å². The molecule has 0 saturated carbocycles. The number of sulfonamides is 1. The lowest BCUT2D eigenvalue weighted by Gasteiger charge is -2.13. The molecule has 0 spiro atoms. The molecule has 2 rings (SSSR count). The molecule has 0 atom stereocenters. The molecule has 172 valence electrons. The van der Waals surface area contributed by atoms with Crippen LogP contribution in [0, 0.1) is 10.1 Å². The minimum absolute atomic E-state index is 0.00197. The summed E-state index contributed by atoms with van der Waals surface area (Å²) in [6, 6.07) is 7.17. The largest absolute Gasteiger partial charge is 0.493 e. The maximum atomic E-state index is 12.4. The van der Waals surface area contributed by atoms with Crippen LogP contribution in [0.25, 0.3) is 0 Å². The highest BCUT2D eigenvalue weighted by Gasteiger charge is 2.19. The molecule has 0 aliphatic heterocycles. The summed E-state index contributed by atoms with van der Waals surface area (Å²) >= 11 is 6.09. The fraction of sp³-hybridized carbons (Fsp3) is 0.222. The number of hydrogen-bond donors (Lipinski definition) is 3. The van der Waals surface area contributed by atoms with Gasteiger partial charge < -0.3 is 20.5 Å². The maximum Gasteiger partial charge on any atom is 0.270 e. The molecule has 0 aromatic heterocycles. The van der Waals surface area contributed by atoms with Crippen LogP contribution in [-0.4, -0.2) is 52.0 Å². The fourth-order valence-corrected chi connectivity index (χ4v) is 3.78. The summed E-state index contributed by atoms with van der Waals surface area (Å²) in [6.07, 6.45) is 0. The molecule has 0 aliphatic carbocycles. The number of nitro benzene ring substituents is 1. The summed E-state index contributed by atoms with van der Waals surface area (Å²) in [6.45, 7) is -0.708. The zero-order valence-electron chi connectivity index (χ0n) is 16.7. The molecule has 0 bridgehead atoms. The molecule has 0 radical (unpaired) electrons. The van der Waals surface area contributed by atoms with E-state index < -0.39 is 33.4 Å². The lowest BCUT2D eigenvalue weighted by Crippen LogP contribution is -2.34. The number of halogens is 1. The van der Waals surface area contributed by atoms with Crippen LogP contribution in [-0.2, 0) is 14.8 Å². The number of methoxy groups -OCH3 is 1. The van der Waals surface area contributed by atoms with E-state index in [4.69, 9.17) is 26.8 Å². The van der Waals surface area contributed by atoms with Gasteiger partial charge in [-0.05, 0) is 18.2 Å². The topological polar surface area (TPSA) is 180 Å². The van der Waals surface area contributed by atoms with E-state index in [1.54, 1.807) is 0 Å². The molecule has 14 heteroatoms. The van der Waals surface area contributed by atoms with Crippen molar-refractivity contribution in [2.24, 2.45) is 5.73 Å². The standard InChI is InChI=1S/C18H19ClN4O8S/c1-30-15-8-11(7-14(19)17(15)31-10-16(20)24)18(25)21-5-6-22-32(28,29)13-4-2-3-12(9-13)23(26)27/h2-4,7-9,22H,5-6,10H2,1H3,(H2,20,24)(H,21,25). The third-order valence-electron chi connectivity index (χ3n) is 3.89. The Kier molecular flexibility index (Phi) is 8.34. The van der Waals surface area contributed by atoms with Crippen molar-refractivity contribution in [3.63, 3.8) is 0 Å². The Bertz CT molecular complexity index is 1140. The fourth-order valence-electron chi connectivity index (χ4n) is 2.45. The van der Waals surface area contributed by atoms with Crippen molar-refractivity contribution in [3.05, 3.63) is 57.1 Å². The number of hydrogen-bond acceptors (Lipinski definition) is 8. The Labute approximate surface area is 187 Å². The zero-order chi connectivity index (χ0) is 23.9. The molecule has 0 aliphatic rings. The van der Waals surface area contributed by atoms with Crippen LogP contribution in [0.15, 0.2) is 41.3 Å². The van der Waals surface area contributed by atoms with Crippen LogP contribution in [0.4, 0.5) is 5.69 Å². The summed E-state index contributed by atoms with van der Waals surface area (Å²) in [5.41, 5.74) is 4.76. The van der Waals surface area contributed by atoms with Crippen LogP contribution >= 0.6 is 11.6 Å². The number of primary amides is 1. The molecular weight excluding hydrogens is 468 g/mol. The number of rotatable bonds is 11. The highest BCUT2D eigenvalue weighted by molar-refractivity contribution is 7.89. The van der Waals surface area contributed by atoms with Gasteiger partial charge in [0.15, 0.2) is 18.1 Å². The number of nitrogens with two attached hydrogens (primary N) is 1. The molecule has 0 saturated heterocycles. The van der Waals surface area contributed by atoms with E-state index in [1.165, 1.54) is 37.4 Å². The average molecular weight is 487 g/mol. The van der Waals surface area contributed by atoms with Crippen LogP contribution in [0.3, 0.4) is 0 Å². The van der Waals surface area contributed by atoms with Gasteiger partial charge in [-0.1, -0.05) is 17.7 Å². The van der Waals surface area contributed by atoms with E-state index in [9.17, 15) is 28.1 Å². The van der Waals surface area contributed by atoms with E-state index >= 15 is 0 Å². The van der Waals surface area contributed by atoms with Gasteiger partial charge in [0.05, 0.1) is 22.0 Å². The van der Waals surface area contributed by atoms with E-state index in [2.05, 4.69) is 10.0 Å². The molecule has 2 aromatic carbocycles. The predicted molar refractivity (Wildman–Crippen MR) is 113 cm³/mol. The van der Waals surface area contributed by atoms with Crippen LogP contribution in [0.5, 0.6) is 11.5 Å². The minimum Gasteiger partial charge on any atom is -0.493 e. The molecule has 4 N–H and O–H groups in total. The molecule has 0 fully saturated rings. The van der Waals surface area contributed by atoms with Crippen LogP contribution in [0.1, 0.15) is 10.4 Å². The van der Waals surface area contributed by atoms with Gasteiger partial charge in [0.25, 0.3) is 17.5 Å². The van der Waals surface area contributed by atoms with E-state index in [-0.39, 0.29) is 45.8 Å². The Morgan fingerprint density at radius 2 is 1.94 bits per heavy atom. The number of nitro groups is 1. The van der Waals surface area contributed by atoms with Crippen LogP contribution in [0.2, 0.25) is 5.02 Å². The molecule has 32 heavy (non-hydrogen) atoms. The van der Waals surface area contributed by atoms with Crippen LogP contribution < -0.4 is 25.2 Å². The number of non-ortho nitro benzene ring substituents is 1. The van der Waals surface area contributed by atoms with Crippen molar-refractivity contribution in [3.8, 4) is 11.5 Å². The first-order chi connectivity index (χ1) is 15.0. The second kappa shape index (κ2) is 10.7. The van der Waals surface area contributed by atoms with Gasteiger partial charge in [-0.25, -0.2) is 13.1 Å². The van der Waals surface area contributed by atoms with Gasteiger partial charge >= 0.3 is 0 Å². The molecule has 0 heterocycles. The number of nitrogens with zero attached hydrogens (tertiary/aromatic N) is 1. The van der Waals surface area contributed by atoms with E-state index in [0.29, 0.717) is 0 Å². The lowest BCUT2D eigenvalue weighted by atomic mass is 10.2. The number of nitrogens with one attached hydrogen (secondary N) is 2. The number of carbonyl (C=O) groups is 2. The maximum absolute atomic E-state index is 12.4. The Hall–Kier alpha value is -3.42. The summed E-state index contributed by atoms with van der Waals surface area (Å²) in [7, 11) is -2.70. The minimum atomic E-state index is -4.02. The lowest BCUT2D eigenvalue weighted by molar-refractivity contribution is -0.385. The molecule has 2 aromatic rings. The van der Waals surface area contributed by atoms with Gasteiger partial charge in [-0.15, -0.1) is 0 Å². The smallest absolute Gasteiger partial charge is 0.270 e. The Morgan fingerprint density at radius 3 is 2.56 bits per heavy atom. The highest BCUT2D eigenvalue weighted by atomic mass is 35.5. The first kappa shape index (κ1) is 24.8. The van der Waals surface area contributed by atoms with Crippen molar-refractivity contribution in [1.82, 2.24) is 10.0 Å². The highest BCUT2D eigenvalue weighted by Crippen LogP contribution is 2.36. The van der Waals surface area contributed by atoms with Gasteiger partial charge in [0, 0.05) is 30.8 Å². The molecular formula is C18H19ClN4O8S. The SMILES string of the molecule is COc1cc(C(=O)NCCNS(=O)(=O)c2cccc([N+](=O)[O-])c2)cc(Cl)c1OCC(N)=O. The van der Waals surface area contributed by atoms with Crippen molar-refractivity contribution < 1.29 is 32.4 Å². The number of amides is 2. The van der Waals surface area contributed by atoms with E-state index in [1.807, 2.05) is 0 Å². The number of ether oxygens (including phenoxy) is 2. The quantitative estimate of drug-likeness (QED) is 0.237. The van der Waals surface area contributed by atoms with Crippen molar-refractivity contribution in [1.29, 1.82) is 0 Å². The first-order valence-electron chi connectivity index (χ1n) is 8.86. The van der Waals surface area contributed by atoms with Crippen molar-refractivity contribution in [2.75, 3.05) is 26.8 Å². The summed E-state index contributed by atoms with van der Waals surface area (Å²) in [4.78, 5) is 33.1. The molecule has 12 nitrogen and oxygen atoms in total. The second-order valence-electron chi connectivity index (χ2n) is 6.15. The Morgan fingerprint density at radius 1 is 1.22 bits per heavy atom. The summed E-state index contributed by atoms with van der Waals surface area (Å²) < 4.78 is 37.1.